The maximum Gasteiger partial charge on any atom is 0.316 e. The Morgan fingerprint density at radius 3 is 2.66 bits per heavy atom. The SMILES string of the molecule is O=C(COC(=O)CSc1ccc2c(c1)OCCO2)Nc1cccc2ccccc12. The highest BCUT2D eigenvalue weighted by molar-refractivity contribution is 8.00. The quantitative estimate of drug-likeness (QED) is 0.492. The summed E-state index contributed by atoms with van der Waals surface area (Å²) >= 11 is 1.32. The molecule has 0 bridgehead atoms. The third-order valence-corrected chi connectivity index (χ3v) is 5.27. The number of fused-ring (bicyclic) bond motifs is 2. The second-order valence-electron chi connectivity index (χ2n) is 6.33. The van der Waals surface area contributed by atoms with Crippen LogP contribution in [-0.2, 0) is 14.3 Å². The number of hydrogen-bond acceptors (Lipinski definition) is 6. The van der Waals surface area contributed by atoms with Crippen LogP contribution in [0.25, 0.3) is 10.8 Å². The third-order valence-electron chi connectivity index (χ3n) is 4.30. The molecule has 29 heavy (non-hydrogen) atoms. The number of benzene rings is 3. The van der Waals surface area contributed by atoms with Crippen LogP contribution in [0.15, 0.2) is 65.6 Å². The Balaban J connectivity index is 1.26. The fourth-order valence-corrected chi connectivity index (χ4v) is 3.69. The van der Waals surface area contributed by atoms with Crippen molar-refractivity contribution in [1.29, 1.82) is 0 Å². The summed E-state index contributed by atoms with van der Waals surface area (Å²) in [5.74, 6) is 0.635. The fraction of sp³-hybridized carbons (Fsp3) is 0.182. The number of ether oxygens (including phenoxy) is 3. The van der Waals surface area contributed by atoms with Crippen molar-refractivity contribution in [3.8, 4) is 11.5 Å². The van der Waals surface area contributed by atoms with Gasteiger partial charge in [0.1, 0.15) is 13.2 Å². The second-order valence-corrected chi connectivity index (χ2v) is 7.38. The van der Waals surface area contributed by atoms with E-state index < -0.39 is 5.97 Å². The van der Waals surface area contributed by atoms with Crippen molar-refractivity contribution in [3.05, 3.63) is 60.7 Å². The first-order chi connectivity index (χ1) is 14.2. The molecule has 3 aromatic carbocycles. The summed E-state index contributed by atoms with van der Waals surface area (Å²) in [5.41, 5.74) is 0.690. The first kappa shape index (κ1) is 19.1. The largest absolute Gasteiger partial charge is 0.486 e. The van der Waals surface area contributed by atoms with Gasteiger partial charge in [-0.3, -0.25) is 9.59 Å². The highest BCUT2D eigenvalue weighted by Gasteiger charge is 2.14. The molecule has 0 fully saturated rings. The van der Waals surface area contributed by atoms with E-state index in [9.17, 15) is 9.59 Å². The normalized spacial score (nSPS) is 12.4. The average molecular weight is 409 g/mol. The van der Waals surface area contributed by atoms with Crippen LogP contribution >= 0.6 is 11.8 Å². The Hall–Kier alpha value is -3.19. The van der Waals surface area contributed by atoms with Gasteiger partial charge in [0.2, 0.25) is 0 Å². The van der Waals surface area contributed by atoms with E-state index in [1.54, 1.807) is 0 Å². The van der Waals surface area contributed by atoms with Gasteiger partial charge in [0.15, 0.2) is 18.1 Å². The van der Waals surface area contributed by atoms with Crippen molar-refractivity contribution >= 4 is 40.1 Å². The van der Waals surface area contributed by atoms with Crippen LogP contribution in [0.5, 0.6) is 11.5 Å². The molecule has 0 aliphatic carbocycles. The smallest absolute Gasteiger partial charge is 0.316 e. The predicted octanol–water partition coefficient (Wildman–Crippen LogP) is 3.89. The van der Waals surface area contributed by atoms with E-state index >= 15 is 0 Å². The molecule has 0 saturated heterocycles. The van der Waals surface area contributed by atoms with Crippen molar-refractivity contribution in [2.75, 3.05) is 30.9 Å². The van der Waals surface area contributed by atoms with Crippen molar-refractivity contribution in [3.63, 3.8) is 0 Å². The molecular weight excluding hydrogens is 390 g/mol. The van der Waals surface area contributed by atoms with E-state index in [0.29, 0.717) is 30.4 Å². The van der Waals surface area contributed by atoms with E-state index in [0.717, 1.165) is 15.7 Å². The molecule has 1 aliphatic heterocycles. The molecule has 6 nitrogen and oxygen atoms in total. The van der Waals surface area contributed by atoms with Gasteiger partial charge in [0.05, 0.1) is 5.75 Å². The lowest BCUT2D eigenvalue weighted by molar-refractivity contribution is -0.144. The number of carbonyl (C=O) groups excluding carboxylic acids is 2. The number of carbonyl (C=O) groups is 2. The first-order valence-corrected chi connectivity index (χ1v) is 10.1. The number of hydrogen-bond donors (Lipinski definition) is 1. The summed E-state index contributed by atoms with van der Waals surface area (Å²) in [6.45, 7) is 0.714. The van der Waals surface area contributed by atoms with Gasteiger partial charge >= 0.3 is 5.97 Å². The number of rotatable bonds is 6. The summed E-state index contributed by atoms with van der Waals surface area (Å²) in [4.78, 5) is 25.0. The van der Waals surface area contributed by atoms with Gasteiger partial charge < -0.3 is 19.5 Å². The Morgan fingerprint density at radius 2 is 1.76 bits per heavy atom. The Kier molecular flexibility index (Phi) is 5.86. The molecule has 1 N–H and O–H groups in total. The standard InChI is InChI=1S/C22H19NO5S/c24-21(23-18-7-3-5-15-4-1-2-6-17(15)18)13-28-22(25)14-29-16-8-9-19-20(12-16)27-11-10-26-19/h1-9,12H,10-11,13-14H2,(H,23,24). The molecule has 0 aromatic heterocycles. The molecule has 7 heteroatoms. The zero-order valence-corrected chi connectivity index (χ0v) is 16.4. The molecule has 0 saturated carbocycles. The molecule has 0 radical (unpaired) electrons. The molecule has 0 spiro atoms. The van der Waals surface area contributed by atoms with Crippen molar-refractivity contribution in [1.82, 2.24) is 0 Å². The molecule has 4 rings (SSSR count). The van der Waals surface area contributed by atoms with E-state index in [1.165, 1.54) is 11.8 Å². The van der Waals surface area contributed by atoms with E-state index in [4.69, 9.17) is 14.2 Å². The van der Waals surface area contributed by atoms with Crippen LogP contribution < -0.4 is 14.8 Å². The van der Waals surface area contributed by atoms with Gasteiger partial charge in [-0.1, -0.05) is 36.4 Å². The van der Waals surface area contributed by atoms with E-state index in [1.807, 2.05) is 60.7 Å². The van der Waals surface area contributed by atoms with Crippen molar-refractivity contribution < 1.29 is 23.8 Å². The minimum Gasteiger partial charge on any atom is -0.486 e. The van der Waals surface area contributed by atoms with Crippen LogP contribution in [0, 0.1) is 0 Å². The van der Waals surface area contributed by atoms with Gasteiger partial charge in [0.25, 0.3) is 5.91 Å². The summed E-state index contributed by atoms with van der Waals surface area (Å²) in [5, 5.41) is 4.76. The van der Waals surface area contributed by atoms with Crippen LogP contribution in [0.3, 0.4) is 0 Å². The van der Waals surface area contributed by atoms with E-state index in [-0.39, 0.29) is 18.3 Å². The molecule has 0 atom stereocenters. The zero-order chi connectivity index (χ0) is 20.1. The lowest BCUT2D eigenvalue weighted by Crippen LogP contribution is -2.21. The zero-order valence-electron chi connectivity index (χ0n) is 15.6. The topological polar surface area (TPSA) is 73.9 Å². The van der Waals surface area contributed by atoms with Crippen LogP contribution in [0.4, 0.5) is 5.69 Å². The molecule has 1 heterocycles. The molecule has 0 unspecified atom stereocenters. The number of amides is 1. The number of thioether (sulfide) groups is 1. The number of nitrogens with one attached hydrogen (secondary N) is 1. The minimum atomic E-state index is -0.460. The lowest BCUT2D eigenvalue weighted by Gasteiger charge is -2.18. The Bertz CT molecular complexity index is 1050. The highest BCUT2D eigenvalue weighted by atomic mass is 32.2. The maximum atomic E-state index is 12.2. The molecule has 148 valence electrons. The molecule has 1 aliphatic rings. The molecule has 1 amide bonds. The van der Waals surface area contributed by atoms with Crippen LogP contribution in [-0.4, -0.2) is 37.4 Å². The maximum absolute atomic E-state index is 12.2. The van der Waals surface area contributed by atoms with Gasteiger partial charge in [-0.25, -0.2) is 0 Å². The van der Waals surface area contributed by atoms with Gasteiger partial charge in [-0.15, -0.1) is 11.8 Å². The monoisotopic (exact) mass is 409 g/mol. The van der Waals surface area contributed by atoms with Gasteiger partial charge in [0, 0.05) is 16.0 Å². The fourth-order valence-electron chi connectivity index (χ4n) is 2.96. The highest BCUT2D eigenvalue weighted by Crippen LogP contribution is 2.34. The molecule has 3 aromatic rings. The van der Waals surface area contributed by atoms with Crippen LogP contribution in [0.2, 0.25) is 0 Å². The summed E-state index contributed by atoms with van der Waals surface area (Å²) in [7, 11) is 0. The van der Waals surface area contributed by atoms with Gasteiger partial charge in [-0.2, -0.15) is 0 Å². The first-order valence-electron chi connectivity index (χ1n) is 9.15. The predicted molar refractivity (Wildman–Crippen MR) is 112 cm³/mol. The summed E-state index contributed by atoms with van der Waals surface area (Å²) in [6, 6.07) is 18.9. The van der Waals surface area contributed by atoms with Crippen molar-refractivity contribution in [2.45, 2.75) is 4.90 Å². The minimum absolute atomic E-state index is 0.0984. The van der Waals surface area contributed by atoms with E-state index in [2.05, 4.69) is 5.32 Å². The summed E-state index contributed by atoms with van der Waals surface area (Å²) < 4.78 is 16.1. The lowest BCUT2D eigenvalue weighted by atomic mass is 10.1. The Labute approximate surface area is 172 Å². The second kappa shape index (κ2) is 8.87. The number of anilines is 1. The molecular formula is C22H19NO5S. The third kappa shape index (κ3) is 4.81. The summed E-state index contributed by atoms with van der Waals surface area (Å²) in [6.07, 6.45) is 0. The Morgan fingerprint density at radius 1 is 0.966 bits per heavy atom. The van der Waals surface area contributed by atoms with Crippen LogP contribution in [0.1, 0.15) is 0 Å². The van der Waals surface area contributed by atoms with Crippen molar-refractivity contribution in [2.24, 2.45) is 0 Å². The average Bonchev–Trinajstić information content (AvgIpc) is 2.76. The van der Waals surface area contributed by atoms with Gasteiger partial charge in [-0.05, 0) is 29.7 Å². The number of esters is 1.